The van der Waals surface area contributed by atoms with Gasteiger partial charge in [0.25, 0.3) is 0 Å². The molecule has 0 saturated carbocycles. The van der Waals surface area contributed by atoms with Crippen molar-refractivity contribution in [1.82, 2.24) is 4.37 Å². The van der Waals surface area contributed by atoms with Crippen molar-refractivity contribution in [3.8, 4) is 0 Å². The van der Waals surface area contributed by atoms with Gasteiger partial charge in [-0.05, 0) is 36.0 Å². The highest BCUT2D eigenvalue weighted by molar-refractivity contribution is 7.03. The van der Waals surface area contributed by atoms with Gasteiger partial charge < -0.3 is 10.0 Å². The van der Waals surface area contributed by atoms with E-state index in [0.717, 1.165) is 24.3 Å². The Balaban J connectivity index is 1.90. The van der Waals surface area contributed by atoms with Crippen LogP contribution in [0, 0.1) is 5.92 Å². The molecule has 4 nitrogen and oxygen atoms in total. The van der Waals surface area contributed by atoms with E-state index in [2.05, 4.69) is 15.3 Å². The van der Waals surface area contributed by atoms with Gasteiger partial charge in [-0.3, -0.25) is 4.79 Å². The molecule has 1 N–H and O–H groups in total. The fourth-order valence-corrected chi connectivity index (χ4v) is 3.22. The van der Waals surface area contributed by atoms with Gasteiger partial charge in [0, 0.05) is 35.9 Å². The predicted molar refractivity (Wildman–Crippen MR) is 79.1 cm³/mol. The molecule has 0 radical (unpaired) electrons. The van der Waals surface area contributed by atoms with Gasteiger partial charge in [-0.1, -0.05) is 18.2 Å². The molecule has 2 heterocycles. The highest BCUT2D eigenvalue weighted by Gasteiger charge is 2.25. The summed E-state index contributed by atoms with van der Waals surface area (Å²) >= 11 is 1.45. The van der Waals surface area contributed by atoms with E-state index in [4.69, 9.17) is 0 Å². The number of rotatable bonds is 3. The second-order valence-corrected chi connectivity index (χ2v) is 5.77. The van der Waals surface area contributed by atoms with Gasteiger partial charge >= 0.3 is 5.97 Å². The molecule has 0 amide bonds. The van der Waals surface area contributed by atoms with Gasteiger partial charge in [0.15, 0.2) is 0 Å². The Morgan fingerprint density at radius 2 is 2.30 bits per heavy atom. The third-order valence-corrected chi connectivity index (χ3v) is 4.39. The van der Waals surface area contributed by atoms with Crippen LogP contribution in [0.15, 0.2) is 35.8 Å². The number of aromatic nitrogens is 1. The Bertz CT molecular complexity index is 598. The number of hydrogen-bond acceptors (Lipinski definition) is 4. The molecule has 104 valence electrons. The summed E-state index contributed by atoms with van der Waals surface area (Å²) in [7, 11) is 0. The van der Waals surface area contributed by atoms with Crippen LogP contribution < -0.4 is 4.90 Å². The van der Waals surface area contributed by atoms with Crippen molar-refractivity contribution in [2.24, 2.45) is 5.92 Å². The monoisotopic (exact) mass is 288 g/mol. The van der Waals surface area contributed by atoms with Crippen LogP contribution >= 0.6 is 11.5 Å². The van der Waals surface area contributed by atoms with Gasteiger partial charge in [0.05, 0.1) is 5.92 Å². The van der Waals surface area contributed by atoms with E-state index in [1.54, 1.807) is 0 Å². The maximum absolute atomic E-state index is 11.3. The normalized spacial score (nSPS) is 18.4. The third-order valence-electron chi connectivity index (χ3n) is 3.75. The van der Waals surface area contributed by atoms with E-state index in [0.29, 0.717) is 12.8 Å². The average molecular weight is 288 g/mol. The number of carbonyl (C=O) groups is 1. The number of carboxylic acids is 1. The molecule has 1 unspecified atom stereocenters. The van der Waals surface area contributed by atoms with Crippen molar-refractivity contribution >= 4 is 23.2 Å². The van der Waals surface area contributed by atoms with E-state index in [1.165, 1.54) is 17.1 Å². The number of fused-ring (bicyclic) bond motifs is 1. The Morgan fingerprint density at radius 3 is 3.05 bits per heavy atom. The lowest BCUT2D eigenvalue weighted by Crippen LogP contribution is -2.25. The predicted octanol–water partition coefficient (Wildman–Crippen LogP) is 2.80. The molecule has 1 aromatic carbocycles. The van der Waals surface area contributed by atoms with Crippen molar-refractivity contribution < 1.29 is 9.90 Å². The summed E-state index contributed by atoms with van der Waals surface area (Å²) in [5.74, 6) is -0.986. The van der Waals surface area contributed by atoms with Crippen LogP contribution in [-0.2, 0) is 17.8 Å². The van der Waals surface area contributed by atoms with Crippen molar-refractivity contribution in [3.05, 3.63) is 47.0 Å². The standard InChI is InChI=1S/C15H16N2O2S/c18-15(19)13-5-6-17(9-11-8-16-20-10-11)14-4-2-1-3-12(14)7-13/h1-4,8,10,13H,5-7,9H2,(H,18,19). The Hall–Kier alpha value is -1.88. The number of para-hydroxylation sites is 1. The summed E-state index contributed by atoms with van der Waals surface area (Å²) in [6.07, 6.45) is 3.18. The van der Waals surface area contributed by atoms with Crippen LogP contribution in [0.3, 0.4) is 0 Å². The van der Waals surface area contributed by atoms with Crippen molar-refractivity contribution in [3.63, 3.8) is 0 Å². The van der Waals surface area contributed by atoms with Gasteiger partial charge in [0.2, 0.25) is 0 Å². The quantitative estimate of drug-likeness (QED) is 0.943. The number of aliphatic carboxylic acids is 1. The molecular weight excluding hydrogens is 272 g/mol. The molecule has 2 aromatic rings. The highest BCUT2D eigenvalue weighted by atomic mass is 32.1. The van der Waals surface area contributed by atoms with Gasteiger partial charge in [-0.2, -0.15) is 0 Å². The van der Waals surface area contributed by atoms with E-state index >= 15 is 0 Å². The summed E-state index contributed by atoms with van der Waals surface area (Å²) in [5, 5.41) is 11.3. The minimum Gasteiger partial charge on any atom is -0.481 e. The van der Waals surface area contributed by atoms with E-state index in [9.17, 15) is 9.90 Å². The minimum atomic E-state index is -0.696. The maximum atomic E-state index is 11.3. The topological polar surface area (TPSA) is 53.4 Å². The van der Waals surface area contributed by atoms with E-state index in [-0.39, 0.29) is 5.92 Å². The first-order valence-corrected chi connectivity index (χ1v) is 7.51. The fraction of sp³-hybridized carbons (Fsp3) is 0.333. The Kier molecular flexibility index (Phi) is 3.69. The van der Waals surface area contributed by atoms with Crippen molar-refractivity contribution in [2.45, 2.75) is 19.4 Å². The Morgan fingerprint density at radius 1 is 1.45 bits per heavy atom. The number of benzene rings is 1. The Labute approximate surface area is 121 Å². The van der Waals surface area contributed by atoms with Crippen molar-refractivity contribution in [1.29, 1.82) is 0 Å². The summed E-state index contributed by atoms with van der Waals surface area (Å²) in [4.78, 5) is 13.6. The number of nitrogens with zero attached hydrogens (tertiary/aromatic N) is 2. The van der Waals surface area contributed by atoms with Gasteiger partial charge in [-0.15, -0.1) is 0 Å². The minimum absolute atomic E-state index is 0.290. The maximum Gasteiger partial charge on any atom is 0.306 e. The van der Waals surface area contributed by atoms with Crippen molar-refractivity contribution in [2.75, 3.05) is 11.4 Å². The molecule has 0 saturated heterocycles. The first-order chi connectivity index (χ1) is 9.74. The second-order valence-electron chi connectivity index (χ2n) is 5.11. The highest BCUT2D eigenvalue weighted by Crippen LogP contribution is 2.30. The van der Waals surface area contributed by atoms with Crippen LogP contribution in [-0.4, -0.2) is 22.0 Å². The smallest absolute Gasteiger partial charge is 0.306 e. The lowest BCUT2D eigenvalue weighted by Gasteiger charge is -2.24. The number of hydrogen-bond donors (Lipinski definition) is 1. The molecule has 0 aliphatic carbocycles. The lowest BCUT2D eigenvalue weighted by molar-refractivity contribution is -0.141. The molecule has 20 heavy (non-hydrogen) atoms. The average Bonchev–Trinajstić information content (AvgIpc) is 2.87. The molecule has 5 heteroatoms. The van der Waals surface area contributed by atoms with Gasteiger partial charge in [0.1, 0.15) is 0 Å². The van der Waals surface area contributed by atoms with Crippen LogP contribution in [0.5, 0.6) is 0 Å². The molecule has 3 rings (SSSR count). The van der Waals surface area contributed by atoms with Crippen LogP contribution in [0.25, 0.3) is 0 Å². The first-order valence-electron chi connectivity index (χ1n) is 6.68. The summed E-state index contributed by atoms with van der Waals surface area (Å²) < 4.78 is 4.13. The molecule has 1 aromatic heterocycles. The SMILES string of the molecule is O=C(O)C1CCN(Cc2cnsc2)c2ccccc2C1. The molecular formula is C15H16N2O2S. The zero-order chi connectivity index (χ0) is 13.9. The van der Waals surface area contributed by atoms with Gasteiger partial charge in [-0.25, -0.2) is 4.37 Å². The molecule has 1 aliphatic rings. The zero-order valence-corrected chi connectivity index (χ0v) is 11.8. The lowest BCUT2D eigenvalue weighted by atomic mass is 9.97. The number of anilines is 1. The molecule has 0 fully saturated rings. The zero-order valence-electron chi connectivity index (χ0n) is 11.0. The van der Waals surface area contributed by atoms with Crippen LogP contribution in [0.1, 0.15) is 17.5 Å². The first kappa shape index (κ1) is 13.1. The molecule has 0 bridgehead atoms. The summed E-state index contributed by atoms with van der Waals surface area (Å²) in [6.45, 7) is 1.56. The van der Waals surface area contributed by atoms with E-state index in [1.807, 2.05) is 29.8 Å². The summed E-state index contributed by atoms with van der Waals surface area (Å²) in [5.41, 5.74) is 3.46. The van der Waals surface area contributed by atoms with Crippen LogP contribution in [0.4, 0.5) is 5.69 Å². The number of carboxylic acid groups (broad SMARTS) is 1. The summed E-state index contributed by atoms with van der Waals surface area (Å²) in [6, 6.07) is 8.11. The third kappa shape index (κ3) is 2.67. The van der Waals surface area contributed by atoms with Crippen LogP contribution in [0.2, 0.25) is 0 Å². The fourth-order valence-electron chi connectivity index (χ4n) is 2.69. The molecule has 1 aliphatic heterocycles. The second kappa shape index (κ2) is 5.63. The largest absolute Gasteiger partial charge is 0.481 e. The van der Waals surface area contributed by atoms with E-state index < -0.39 is 5.97 Å². The molecule has 0 spiro atoms. The molecule has 1 atom stereocenters.